The number of nitrogens with zero attached hydrogens (tertiary/aromatic N) is 4. The maximum absolute atomic E-state index is 14.4. The van der Waals surface area contributed by atoms with Crippen LogP contribution in [0.25, 0.3) is 26.8 Å². The molecule has 4 rings (SSSR count). The van der Waals surface area contributed by atoms with Gasteiger partial charge in [-0.15, -0.1) is 11.3 Å². The smallest absolute Gasteiger partial charge is 0.426 e. The van der Waals surface area contributed by atoms with E-state index in [1.54, 1.807) is 5.38 Å². The zero-order valence-electron chi connectivity index (χ0n) is 18.2. The van der Waals surface area contributed by atoms with Crippen molar-refractivity contribution < 1.29 is 78.1 Å². The average Bonchev–Trinajstić information content (AvgIpc) is 3.37. The van der Waals surface area contributed by atoms with E-state index in [1.165, 1.54) is 24.0 Å². The Bertz CT molecular complexity index is 1570. The van der Waals surface area contributed by atoms with Gasteiger partial charge >= 0.3 is 63.3 Å². The van der Waals surface area contributed by atoms with Gasteiger partial charge in [0.05, 0.1) is 5.39 Å². The third-order valence-corrected chi connectivity index (χ3v) is 6.79. The van der Waals surface area contributed by atoms with E-state index in [-0.39, 0.29) is 74.0 Å². The molecule has 0 N–H and O–H groups in total. The number of hydrogen-bond donors (Lipinski definition) is 0. The van der Waals surface area contributed by atoms with E-state index in [1.807, 2.05) is 0 Å². The minimum Gasteiger partial charge on any atom is -0.426 e. The number of carbonyl (C=O) groups is 1. The Balaban J connectivity index is 0.00000342. The Kier molecular flexibility index (Phi) is 8.20. The van der Waals surface area contributed by atoms with E-state index in [0.29, 0.717) is 16.5 Å². The van der Waals surface area contributed by atoms with Crippen LogP contribution in [0, 0.1) is 11.6 Å². The summed E-state index contributed by atoms with van der Waals surface area (Å²) in [5, 5.41) is 6.56. The molecule has 1 aromatic carbocycles. The first-order valence-corrected chi connectivity index (χ1v) is 11.1. The molecule has 0 bridgehead atoms. The van der Waals surface area contributed by atoms with Gasteiger partial charge < -0.3 is 10.3 Å². The first kappa shape index (κ1) is 27.8. The van der Waals surface area contributed by atoms with Gasteiger partial charge in [-0.05, 0) is 34.2 Å². The van der Waals surface area contributed by atoms with Crippen molar-refractivity contribution in [1.82, 2.24) is 14.1 Å². The first-order chi connectivity index (χ1) is 15.9. The molecule has 0 atom stereocenters. The number of thiophene rings is 1. The molecular weight excluding hydrogens is 542 g/mol. The summed E-state index contributed by atoms with van der Waals surface area (Å²) in [6.07, 6.45) is -5.54. The summed E-state index contributed by atoms with van der Waals surface area (Å²) in [5.41, 5.74) is -3.60. The molecule has 4 aromatic rings. The molecule has 7 nitrogen and oxygen atoms in total. The van der Waals surface area contributed by atoms with E-state index in [0.717, 1.165) is 33.3 Å². The first-order valence-electron chi connectivity index (χ1n) is 9.32. The predicted octanol–water partition coefficient (Wildman–Crippen LogP) is 1.50. The molecule has 0 spiro atoms. The maximum atomic E-state index is 14.4. The third-order valence-electron chi connectivity index (χ3n) is 4.95. The van der Waals surface area contributed by atoms with Gasteiger partial charge in [-0.2, -0.15) is 24.5 Å². The Morgan fingerprint density at radius 3 is 2.43 bits per heavy atom. The summed E-state index contributed by atoms with van der Waals surface area (Å²) in [7, 11) is 2.81. The van der Waals surface area contributed by atoms with Crippen LogP contribution in [0.15, 0.2) is 32.5 Å². The zero-order chi connectivity index (χ0) is 24.9. The van der Waals surface area contributed by atoms with E-state index in [9.17, 15) is 36.3 Å². The number of fused-ring (bicyclic) bond motifs is 1. The fourth-order valence-corrected chi connectivity index (χ4v) is 5.04. The molecule has 0 aliphatic rings. The number of benzene rings is 1. The minimum atomic E-state index is -5.24. The molecule has 0 aliphatic heterocycles. The molecule has 178 valence electrons. The van der Waals surface area contributed by atoms with Crippen LogP contribution in [0.2, 0.25) is 0 Å². The van der Waals surface area contributed by atoms with Crippen molar-refractivity contribution in [3.8, 4) is 11.3 Å². The summed E-state index contributed by atoms with van der Waals surface area (Å²) in [5.74, 6) is -4.29. The van der Waals surface area contributed by atoms with Crippen LogP contribution in [0.3, 0.4) is 0 Å². The van der Waals surface area contributed by atoms with E-state index in [2.05, 4.69) is 10.3 Å². The summed E-state index contributed by atoms with van der Waals surface area (Å²) in [4.78, 5) is 41.3. The number of halogens is 5. The molecule has 3 aromatic heterocycles. The number of aromatic nitrogens is 3. The quantitative estimate of drug-likeness (QED) is 0.283. The Labute approximate surface area is 243 Å². The van der Waals surface area contributed by atoms with Crippen molar-refractivity contribution in [1.29, 1.82) is 0 Å². The second-order valence-corrected chi connectivity index (χ2v) is 8.82. The molecule has 0 saturated heterocycles. The van der Waals surface area contributed by atoms with Crippen molar-refractivity contribution in [3.05, 3.63) is 71.8 Å². The molecule has 0 radical (unpaired) electrons. The summed E-state index contributed by atoms with van der Waals surface area (Å²) in [6, 6.07) is 1.30. The van der Waals surface area contributed by atoms with Gasteiger partial charge in [0.15, 0.2) is 5.91 Å². The van der Waals surface area contributed by atoms with Crippen LogP contribution >= 0.6 is 22.7 Å². The number of aryl methyl sites for hydroxylation is 1. The van der Waals surface area contributed by atoms with E-state index in [4.69, 9.17) is 0 Å². The second kappa shape index (κ2) is 10.3. The van der Waals surface area contributed by atoms with Crippen molar-refractivity contribution in [2.75, 3.05) is 0 Å². The van der Waals surface area contributed by atoms with E-state index >= 15 is 0 Å². The molecule has 15 heteroatoms. The van der Waals surface area contributed by atoms with Gasteiger partial charge in [0, 0.05) is 31.2 Å². The standard InChI is InChI=1S/C20H13F5N4O3S2.K/c1-28-16(31)13-8(6-33-17(13)29(2)19(28)32)5-12(30)27-18-26-11(7-34-18)9-3-4-10(21)14(15(9)22)20(23,24)25;/h3-4,6-7H,5H2,1-2H3,(H,26,27,30);/q;+1/p-1. The normalized spacial score (nSPS) is 11.5. The molecule has 0 aliphatic carbocycles. The topological polar surface area (TPSA) is 88.1 Å². The van der Waals surface area contributed by atoms with Gasteiger partial charge in [-0.1, -0.05) is 0 Å². The zero-order valence-corrected chi connectivity index (χ0v) is 23.0. The largest absolute Gasteiger partial charge is 1.00 e. The Hall–Kier alpha value is -1.75. The minimum absolute atomic E-state index is 0. The van der Waals surface area contributed by atoms with Crippen LogP contribution in [0.1, 0.15) is 11.1 Å². The van der Waals surface area contributed by atoms with Crippen LogP contribution in [-0.2, 0) is 31.5 Å². The van der Waals surface area contributed by atoms with Gasteiger partial charge in [-0.3, -0.25) is 18.7 Å². The van der Waals surface area contributed by atoms with Gasteiger partial charge in [0.1, 0.15) is 22.0 Å². The van der Waals surface area contributed by atoms with Crippen LogP contribution < -0.4 is 62.6 Å². The van der Waals surface area contributed by atoms with Crippen molar-refractivity contribution in [2.24, 2.45) is 14.1 Å². The number of amides is 1. The van der Waals surface area contributed by atoms with Crippen LogP contribution in [-0.4, -0.2) is 20.0 Å². The Morgan fingerprint density at radius 1 is 1.09 bits per heavy atom. The summed E-state index contributed by atoms with van der Waals surface area (Å²) in [6.45, 7) is 0. The fraction of sp³-hybridized carbons (Fsp3) is 0.200. The molecule has 0 fully saturated rings. The molecule has 0 saturated carbocycles. The second-order valence-electron chi connectivity index (χ2n) is 7.13. The number of hydrogen-bond acceptors (Lipinski definition) is 6. The number of thiazole rings is 1. The molecule has 1 amide bonds. The number of alkyl halides is 3. The number of rotatable bonds is 4. The third kappa shape index (κ3) is 5.21. The van der Waals surface area contributed by atoms with Gasteiger partial charge in [0.2, 0.25) is 0 Å². The number of carbonyl (C=O) groups excluding carboxylic acids is 1. The molecular formula is C20H12F5KN4O3S2. The summed E-state index contributed by atoms with van der Waals surface area (Å²) >= 11 is 1.89. The molecule has 35 heavy (non-hydrogen) atoms. The average molecular weight is 555 g/mol. The maximum Gasteiger partial charge on any atom is 1.00 e. The van der Waals surface area contributed by atoms with Crippen LogP contribution in [0.4, 0.5) is 27.1 Å². The van der Waals surface area contributed by atoms with Gasteiger partial charge in [0.25, 0.3) is 5.56 Å². The Morgan fingerprint density at radius 2 is 1.77 bits per heavy atom. The summed E-state index contributed by atoms with van der Waals surface area (Å²) < 4.78 is 69.0. The van der Waals surface area contributed by atoms with E-state index < -0.39 is 46.1 Å². The van der Waals surface area contributed by atoms with Crippen molar-refractivity contribution >= 4 is 43.9 Å². The van der Waals surface area contributed by atoms with Gasteiger partial charge in [-0.25, -0.2) is 13.6 Å². The van der Waals surface area contributed by atoms with Crippen molar-refractivity contribution in [2.45, 2.75) is 12.6 Å². The monoisotopic (exact) mass is 554 g/mol. The van der Waals surface area contributed by atoms with Crippen molar-refractivity contribution in [3.63, 3.8) is 0 Å². The molecule has 3 heterocycles. The predicted molar refractivity (Wildman–Crippen MR) is 117 cm³/mol. The fourth-order valence-electron chi connectivity index (χ4n) is 3.31. The van der Waals surface area contributed by atoms with Crippen LogP contribution in [0.5, 0.6) is 0 Å². The molecule has 0 unspecified atom stereocenters. The SMILES string of the molecule is Cn1c(=O)c2c(CC(=O)[N-]c3nc(-c4ccc(F)c(C(F)(F)F)c4F)cs3)csc2n(C)c1=O.[K+].